The van der Waals surface area contributed by atoms with E-state index in [1.165, 1.54) is 6.07 Å². The number of benzene rings is 2. The van der Waals surface area contributed by atoms with E-state index in [9.17, 15) is 8.78 Å². The Balaban J connectivity index is 1.74. The van der Waals surface area contributed by atoms with Gasteiger partial charge in [0.2, 0.25) is 0 Å². The van der Waals surface area contributed by atoms with Gasteiger partial charge < -0.3 is 15.6 Å². The molecule has 0 aliphatic carbocycles. The summed E-state index contributed by atoms with van der Waals surface area (Å²) in [4.78, 5) is 14.8. The fraction of sp³-hybridized carbons (Fsp3) is 0.280. The van der Waals surface area contributed by atoms with Crippen molar-refractivity contribution in [3.63, 3.8) is 0 Å². The summed E-state index contributed by atoms with van der Waals surface area (Å²) in [6.07, 6.45) is 4.99. The number of rotatable bonds is 3. The maximum atomic E-state index is 14.8. The first-order valence-corrected chi connectivity index (χ1v) is 10.8. The van der Waals surface area contributed by atoms with Gasteiger partial charge in [0.1, 0.15) is 17.5 Å². The van der Waals surface area contributed by atoms with Crippen LogP contribution in [0.4, 0.5) is 14.5 Å². The van der Waals surface area contributed by atoms with Gasteiger partial charge >= 0.3 is 0 Å². The molecule has 2 aromatic heterocycles. The Labute approximate surface area is 185 Å². The summed E-state index contributed by atoms with van der Waals surface area (Å²) in [5, 5.41) is 0. The van der Waals surface area contributed by atoms with Gasteiger partial charge in [0.05, 0.1) is 22.3 Å². The number of aryl methyl sites for hydroxylation is 2. The molecule has 1 aliphatic heterocycles. The number of pyridine rings is 1. The largest absolute Gasteiger partial charge is 0.370 e. The number of nitrogens with two attached hydrogens (primary N) is 1. The molecule has 3 N–H and O–H groups in total. The maximum absolute atomic E-state index is 14.8. The molecule has 4 aromatic rings. The monoisotopic (exact) mass is 433 g/mol. The molecule has 3 heterocycles. The van der Waals surface area contributed by atoms with Gasteiger partial charge in [0.25, 0.3) is 0 Å². The normalized spacial score (nSPS) is 15.0. The molecule has 2 aromatic carbocycles. The summed E-state index contributed by atoms with van der Waals surface area (Å²) in [6.45, 7) is 5.52. The second kappa shape index (κ2) is 7.98. The SMILES string of the molecule is Cc1cc(C)c2nc(-c3cncc(-c4cc(F)ccc4F)c3N3CCC(N)CC3)[nH]c2c1. The topological polar surface area (TPSA) is 70.8 Å². The fourth-order valence-corrected chi connectivity index (χ4v) is 4.59. The highest BCUT2D eigenvalue weighted by Gasteiger charge is 2.25. The van der Waals surface area contributed by atoms with Gasteiger partial charge in [-0.15, -0.1) is 0 Å². The Hall–Kier alpha value is -3.32. The Kier molecular flexibility index (Phi) is 5.13. The highest BCUT2D eigenvalue weighted by atomic mass is 19.1. The van der Waals surface area contributed by atoms with Crippen molar-refractivity contribution in [2.75, 3.05) is 18.0 Å². The molecular formula is C25H25F2N5. The van der Waals surface area contributed by atoms with Crippen LogP contribution in [0.15, 0.2) is 42.7 Å². The molecule has 0 spiro atoms. The Morgan fingerprint density at radius 1 is 1.00 bits per heavy atom. The maximum Gasteiger partial charge on any atom is 0.142 e. The van der Waals surface area contributed by atoms with Crippen LogP contribution in [0.1, 0.15) is 24.0 Å². The third-order valence-corrected chi connectivity index (χ3v) is 6.17. The van der Waals surface area contributed by atoms with Crippen LogP contribution in [-0.4, -0.2) is 34.1 Å². The molecule has 0 radical (unpaired) electrons. The quantitative estimate of drug-likeness (QED) is 0.471. The number of nitrogens with zero attached hydrogens (tertiary/aromatic N) is 3. The molecular weight excluding hydrogens is 408 g/mol. The minimum atomic E-state index is -0.492. The zero-order chi connectivity index (χ0) is 22.4. The van der Waals surface area contributed by atoms with E-state index in [0.717, 1.165) is 71.5 Å². The molecule has 0 bridgehead atoms. The number of anilines is 1. The van der Waals surface area contributed by atoms with Gasteiger partial charge in [-0.3, -0.25) is 4.98 Å². The number of hydrogen-bond donors (Lipinski definition) is 2. The number of fused-ring (bicyclic) bond motifs is 1. The molecule has 32 heavy (non-hydrogen) atoms. The summed E-state index contributed by atoms with van der Waals surface area (Å²) in [5.41, 5.74) is 12.5. The fourth-order valence-electron chi connectivity index (χ4n) is 4.59. The molecule has 7 heteroatoms. The van der Waals surface area contributed by atoms with Gasteiger partial charge in [-0.1, -0.05) is 6.07 Å². The summed E-state index contributed by atoms with van der Waals surface area (Å²) < 4.78 is 28.9. The number of nitrogens with one attached hydrogen (secondary N) is 1. The average Bonchev–Trinajstić information content (AvgIpc) is 3.20. The molecule has 5 nitrogen and oxygen atoms in total. The van der Waals surface area contributed by atoms with Crippen molar-refractivity contribution in [3.05, 3.63) is 65.5 Å². The number of hydrogen-bond acceptors (Lipinski definition) is 4. The van der Waals surface area contributed by atoms with E-state index in [0.29, 0.717) is 11.4 Å². The molecule has 0 unspecified atom stereocenters. The number of aromatic nitrogens is 3. The minimum Gasteiger partial charge on any atom is -0.370 e. The van der Waals surface area contributed by atoms with Crippen molar-refractivity contribution >= 4 is 16.7 Å². The Morgan fingerprint density at radius 2 is 1.75 bits per heavy atom. The second-order valence-corrected chi connectivity index (χ2v) is 8.60. The van der Waals surface area contributed by atoms with E-state index < -0.39 is 11.6 Å². The molecule has 0 atom stereocenters. The number of halogens is 2. The van der Waals surface area contributed by atoms with Crippen molar-refractivity contribution < 1.29 is 8.78 Å². The van der Waals surface area contributed by atoms with Crippen molar-refractivity contribution in [2.24, 2.45) is 5.73 Å². The minimum absolute atomic E-state index is 0.141. The first-order chi connectivity index (χ1) is 15.4. The summed E-state index contributed by atoms with van der Waals surface area (Å²) in [6, 6.07) is 7.79. The number of aromatic amines is 1. The van der Waals surface area contributed by atoms with Gasteiger partial charge in [0, 0.05) is 42.7 Å². The van der Waals surface area contributed by atoms with Crippen LogP contribution in [0.25, 0.3) is 33.5 Å². The van der Waals surface area contributed by atoms with Crippen molar-refractivity contribution in [1.82, 2.24) is 15.0 Å². The van der Waals surface area contributed by atoms with Crippen molar-refractivity contribution in [2.45, 2.75) is 32.7 Å². The predicted octanol–water partition coefficient (Wildman–Crippen LogP) is 5.11. The summed E-state index contributed by atoms with van der Waals surface area (Å²) in [7, 11) is 0. The average molecular weight is 434 g/mol. The van der Waals surface area contributed by atoms with E-state index in [1.807, 2.05) is 13.8 Å². The standard InChI is InChI=1S/C25H25F2N5/c1-14-9-15(2)23-22(10-14)30-25(31-23)20-13-29-12-19(18-11-16(26)3-4-21(18)27)24(20)32-7-5-17(28)6-8-32/h3-4,9-13,17H,5-8,28H2,1-2H3,(H,30,31). The van der Waals surface area contributed by atoms with Gasteiger partial charge in [0.15, 0.2) is 0 Å². The van der Waals surface area contributed by atoms with E-state index in [-0.39, 0.29) is 11.6 Å². The number of H-pyrrole nitrogens is 1. The lowest BCUT2D eigenvalue weighted by Crippen LogP contribution is -2.40. The number of imidazole rings is 1. The lowest BCUT2D eigenvalue weighted by atomic mass is 9.98. The van der Waals surface area contributed by atoms with E-state index in [1.54, 1.807) is 12.4 Å². The van der Waals surface area contributed by atoms with Gasteiger partial charge in [-0.05, 0) is 62.1 Å². The molecule has 1 fully saturated rings. The van der Waals surface area contributed by atoms with Gasteiger partial charge in [-0.2, -0.15) is 0 Å². The molecule has 164 valence electrons. The lowest BCUT2D eigenvalue weighted by molar-refractivity contribution is 0.501. The zero-order valence-electron chi connectivity index (χ0n) is 18.1. The third-order valence-electron chi connectivity index (χ3n) is 6.17. The van der Waals surface area contributed by atoms with E-state index in [4.69, 9.17) is 10.7 Å². The van der Waals surface area contributed by atoms with Crippen LogP contribution < -0.4 is 10.6 Å². The van der Waals surface area contributed by atoms with Crippen LogP contribution in [0, 0.1) is 25.5 Å². The van der Waals surface area contributed by atoms with E-state index in [2.05, 4.69) is 27.0 Å². The Morgan fingerprint density at radius 3 is 2.53 bits per heavy atom. The molecule has 1 aliphatic rings. The summed E-state index contributed by atoms with van der Waals surface area (Å²) in [5.74, 6) is -0.325. The first kappa shape index (κ1) is 20.6. The lowest BCUT2D eigenvalue weighted by Gasteiger charge is -2.34. The second-order valence-electron chi connectivity index (χ2n) is 8.60. The zero-order valence-corrected chi connectivity index (χ0v) is 18.1. The third kappa shape index (κ3) is 3.62. The van der Waals surface area contributed by atoms with Crippen LogP contribution in [-0.2, 0) is 0 Å². The molecule has 0 saturated carbocycles. The first-order valence-electron chi connectivity index (χ1n) is 10.8. The van der Waals surface area contributed by atoms with Crippen LogP contribution in [0.2, 0.25) is 0 Å². The molecule has 1 saturated heterocycles. The molecule has 0 amide bonds. The number of piperidine rings is 1. The van der Waals surface area contributed by atoms with Crippen LogP contribution in [0.3, 0.4) is 0 Å². The van der Waals surface area contributed by atoms with Crippen molar-refractivity contribution in [1.29, 1.82) is 0 Å². The van der Waals surface area contributed by atoms with Crippen LogP contribution >= 0.6 is 0 Å². The smallest absolute Gasteiger partial charge is 0.142 e. The highest BCUT2D eigenvalue weighted by Crippen LogP contribution is 2.40. The van der Waals surface area contributed by atoms with Crippen molar-refractivity contribution in [3.8, 4) is 22.5 Å². The van der Waals surface area contributed by atoms with Gasteiger partial charge in [-0.25, -0.2) is 13.8 Å². The van der Waals surface area contributed by atoms with Crippen LogP contribution in [0.5, 0.6) is 0 Å². The predicted molar refractivity (Wildman–Crippen MR) is 124 cm³/mol. The molecule has 5 rings (SSSR count). The highest BCUT2D eigenvalue weighted by molar-refractivity contribution is 5.91. The summed E-state index contributed by atoms with van der Waals surface area (Å²) >= 11 is 0. The Bertz CT molecular complexity index is 1310. The van der Waals surface area contributed by atoms with E-state index >= 15 is 0 Å².